The molecule has 10 heteroatoms. The third-order valence-corrected chi connectivity index (χ3v) is 8.72. The fourth-order valence-corrected chi connectivity index (χ4v) is 6.73. The number of amides is 1. The molecule has 7 rings (SSSR count). The molecule has 3 aliphatic heterocycles. The number of rotatable bonds is 0. The van der Waals surface area contributed by atoms with Gasteiger partial charge in [0, 0.05) is 40.1 Å². The maximum Gasteiger partial charge on any atom is 0.278 e. The largest absolute Gasteiger partial charge is 0.502 e. The second-order valence-electron chi connectivity index (χ2n) is 9.64. The number of halogens is 2. The minimum absolute atomic E-state index is 0.0972. The zero-order valence-electron chi connectivity index (χ0n) is 19.5. The van der Waals surface area contributed by atoms with Gasteiger partial charge < -0.3 is 14.7 Å². The second-order valence-corrected chi connectivity index (χ2v) is 10.7. The SMILES string of the molecule is O=C1c2c(O)c(=O)ccn2N2CN1C1(/C=C/COc3cc(F)c(F)c4c3C2c2ccccc2SC4)CC1. The molecule has 1 unspecified atom stereocenters. The highest BCUT2D eigenvalue weighted by molar-refractivity contribution is 7.98. The summed E-state index contributed by atoms with van der Waals surface area (Å²) >= 11 is 1.40. The van der Waals surface area contributed by atoms with Crippen LogP contribution in [-0.2, 0) is 5.75 Å². The van der Waals surface area contributed by atoms with Crippen LogP contribution in [0.15, 0.2) is 64.4 Å². The maximum atomic E-state index is 15.4. The molecule has 2 aromatic carbocycles. The van der Waals surface area contributed by atoms with E-state index in [-0.39, 0.29) is 36.0 Å². The number of pyridine rings is 1. The van der Waals surface area contributed by atoms with Gasteiger partial charge in [0.15, 0.2) is 23.1 Å². The molecule has 1 atom stereocenters. The molecule has 4 heterocycles. The van der Waals surface area contributed by atoms with E-state index in [0.717, 1.165) is 16.5 Å². The van der Waals surface area contributed by atoms with Crippen molar-refractivity contribution in [2.24, 2.45) is 0 Å². The first-order valence-corrected chi connectivity index (χ1v) is 12.9. The van der Waals surface area contributed by atoms with Gasteiger partial charge in [0.25, 0.3) is 5.91 Å². The number of carbonyl (C=O) groups is 1. The van der Waals surface area contributed by atoms with Crippen LogP contribution in [0.25, 0.3) is 0 Å². The molecule has 0 radical (unpaired) electrons. The average Bonchev–Trinajstić information content (AvgIpc) is 3.70. The Balaban J connectivity index is 1.58. The van der Waals surface area contributed by atoms with E-state index in [0.29, 0.717) is 18.4 Å². The molecule has 4 aliphatic rings. The third kappa shape index (κ3) is 3.18. The van der Waals surface area contributed by atoms with Gasteiger partial charge in [-0.15, -0.1) is 11.8 Å². The molecule has 1 amide bonds. The van der Waals surface area contributed by atoms with Gasteiger partial charge in [-0.05, 0) is 30.5 Å². The first-order chi connectivity index (χ1) is 17.9. The van der Waals surface area contributed by atoms with E-state index in [1.54, 1.807) is 11.0 Å². The van der Waals surface area contributed by atoms with Crippen molar-refractivity contribution in [3.8, 4) is 11.5 Å². The van der Waals surface area contributed by atoms with Gasteiger partial charge in [-0.2, -0.15) is 0 Å². The first kappa shape index (κ1) is 22.4. The number of fused-ring (bicyclic) bond motifs is 8. The summed E-state index contributed by atoms with van der Waals surface area (Å²) in [5, 5.41) is 12.6. The minimum Gasteiger partial charge on any atom is -0.502 e. The van der Waals surface area contributed by atoms with E-state index in [1.165, 1.54) is 28.7 Å². The Bertz CT molecular complexity index is 1580. The zero-order chi connectivity index (χ0) is 25.5. The Morgan fingerprint density at radius 3 is 2.76 bits per heavy atom. The summed E-state index contributed by atoms with van der Waals surface area (Å²) in [7, 11) is 0. The highest BCUT2D eigenvalue weighted by Crippen LogP contribution is 2.50. The average molecular weight is 522 g/mol. The molecule has 188 valence electrons. The fraction of sp³-hybridized carbons (Fsp3) is 0.259. The summed E-state index contributed by atoms with van der Waals surface area (Å²) in [5.74, 6) is -2.64. The van der Waals surface area contributed by atoms with Crippen molar-refractivity contribution >= 4 is 17.7 Å². The van der Waals surface area contributed by atoms with Crippen LogP contribution in [0.1, 0.15) is 46.1 Å². The maximum absolute atomic E-state index is 15.4. The molecule has 2 bridgehead atoms. The molecule has 7 nitrogen and oxygen atoms in total. The van der Waals surface area contributed by atoms with Crippen molar-refractivity contribution in [1.82, 2.24) is 9.58 Å². The van der Waals surface area contributed by atoms with Gasteiger partial charge in [-0.1, -0.05) is 24.3 Å². The fourth-order valence-electron chi connectivity index (χ4n) is 5.63. The number of hydrogen-bond donors (Lipinski definition) is 1. The molecular formula is C27H21F2N3O4S. The topological polar surface area (TPSA) is 75.0 Å². The third-order valence-electron chi connectivity index (χ3n) is 7.61. The summed E-state index contributed by atoms with van der Waals surface area (Å²) in [6, 6.07) is 9.16. The zero-order valence-corrected chi connectivity index (χ0v) is 20.3. The van der Waals surface area contributed by atoms with Crippen LogP contribution < -0.4 is 15.2 Å². The standard InChI is InChI=1S/C27H21F2N3O4S/c28-17-12-19-21-16(22(17)29)13-37-20-5-2-1-4-15(20)23(21)32-14-30(27(8-9-27)7-3-11-36-19)26(35)24-25(34)18(33)6-10-31(24)32/h1-7,10,12,23,34H,8-9,11,13-14H2/b7-3+. The number of benzene rings is 2. The van der Waals surface area contributed by atoms with Crippen LogP contribution in [0.3, 0.4) is 0 Å². The van der Waals surface area contributed by atoms with Crippen molar-refractivity contribution in [3.63, 3.8) is 0 Å². The molecule has 1 saturated carbocycles. The number of carbonyl (C=O) groups excluding carboxylic acids is 1. The monoisotopic (exact) mass is 521 g/mol. The van der Waals surface area contributed by atoms with Crippen LogP contribution in [0, 0.1) is 11.6 Å². The smallest absolute Gasteiger partial charge is 0.278 e. The van der Waals surface area contributed by atoms with E-state index in [9.17, 15) is 19.1 Å². The predicted molar refractivity (Wildman–Crippen MR) is 132 cm³/mol. The molecule has 1 fully saturated rings. The Labute approximate surface area is 214 Å². The summed E-state index contributed by atoms with van der Waals surface area (Å²) in [4.78, 5) is 28.7. The molecule has 3 aromatic rings. The van der Waals surface area contributed by atoms with Gasteiger partial charge >= 0.3 is 0 Å². The quantitative estimate of drug-likeness (QED) is 0.450. The second kappa shape index (κ2) is 7.85. The van der Waals surface area contributed by atoms with Crippen LogP contribution in [0.4, 0.5) is 8.78 Å². The van der Waals surface area contributed by atoms with Gasteiger partial charge in [0.1, 0.15) is 25.1 Å². The number of thioether (sulfide) groups is 1. The number of aromatic nitrogens is 1. The normalized spacial score (nSPS) is 21.7. The highest BCUT2D eigenvalue weighted by Gasteiger charge is 2.53. The molecule has 1 aliphatic carbocycles. The number of hydrogen-bond acceptors (Lipinski definition) is 6. The Hall–Kier alpha value is -3.79. The summed E-state index contributed by atoms with van der Waals surface area (Å²) in [5.41, 5.74) is 0.0319. The minimum atomic E-state index is -0.992. The highest BCUT2D eigenvalue weighted by atomic mass is 32.2. The molecule has 1 N–H and O–H groups in total. The lowest BCUT2D eigenvalue weighted by atomic mass is 9.92. The van der Waals surface area contributed by atoms with Gasteiger partial charge in [-0.3, -0.25) is 19.3 Å². The lowest BCUT2D eigenvalue weighted by molar-refractivity contribution is 0.0605. The summed E-state index contributed by atoms with van der Waals surface area (Å²) in [6.07, 6.45) is 6.54. The number of aromatic hydroxyl groups is 1. The van der Waals surface area contributed by atoms with Crippen molar-refractivity contribution in [3.05, 3.63) is 99.0 Å². The first-order valence-electron chi connectivity index (χ1n) is 12.0. The van der Waals surface area contributed by atoms with E-state index in [1.807, 2.05) is 35.4 Å². The molecule has 0 saturated heterocycles. The Morgan fingerprint density at radius 2 is 1.95 bits per heavy atom. The molecule has 1 spiro atoms. The lowest BCUT2D eigenvalue weighted by Gasteiger charge is -2.46. The van der Waals surface area contributed by atoms with Crippen LogP contribution in [0.2, 0.25) is 0 Å². The van der Waals surface area contributed by atoms with E-state index < -0.39 is 40.3 Å². The number of ether oxygens (including phenoxy) is 1. The van der Waals surface area contributed by atoms with Crippen molar-refractivity contribution in [1.29, 1.82) is 0 Å². The summed E-state index contributed by atoms with van der Waals surface area (Å²) in [6.45, 7) is 0.207. The number of nitrogens with zero attached hydrogens (tertiary/aromatic N) is 3. The van der Waals surface area contributed by atoms with Crippen LogP contribution in [0.5, 0.6) is 11.5 Å². The van der Waals surface area contributed by atoms with E-state index in [2.05, 4.69) is 0 Å². The molecule has 1 aromatic heterocycles. The van der Waals surface area contributed by atoms with Gasteiger partial charge in [0.05, 0.1) is 5.54 Å². The van der Waals surface area contributed by atoms with E-state index in [4.69, 9.17) is 4.74 Å². The Morgan fingerprint density at radius 1 is 1.14 bits per heavy atom. The van der Waals surface area contributed by atoms with Crippen LogP contribution >= 0.6 is 11.8 Å². The van der Waals surface area contributed by atoms with Crippen molar-refractivity contribution < 1.29 is 23.4 Å². The van der Waals surface area contributed by atoms with Gasteiger partial charge in [0.2, 0.25) is 5.43 Å². The molecule has 37 heavy (non-hydrogen) atoms. The summed E-state index contributed by atoms with van der Waals surface area (Å²) < 4.78 is 37.7. The molecular weight excluding hydrogens is 500 g/mol. The van der Waals surface area contributed by atoms with Crippen LogP contribution in [-0.4, -0.2) is 39.4 Å². The van der Waals surface area contributed by atoms with Crippen molar-refractivity contribution in [2.75, 3.05) is 18.3 Å². The van der Waals surface area contributed by atoms with E-state index >= 15 is 4.39 Å². The Kier molecular flexibility index (Phi) is 4.76. The lowest BCUT2D eigenvalue weighted by Crippen LogP contribution is -2.58. The predicted octanol–water partition coefficient (Wildman–Crippen LogP) is 4.06. The van der Waals surface area contributed by atoms with Gasteiger partial charge in [-0.25, -0.2) is 8.78 Å². The van der Waals surface area contributed by atoms with Crippen molar-refractivity contribution in [2.45, 2.75) is 35.1 Å².